The molecule has 0 N–H and O–H groups in total. The summed E-state index contributed by atoms with van der Waals surface area (Å²) in [7, 11) is -2.60. The topological polar surface area (TPSA) is 37.4 Å². The van der Waals surface area contributed by atoms with Crippen LogP contribution in [0.25, 0.3) is 0 Å². The molecule has 24 heavy (non-hydrogen) atoms. The van der Waals surface area contributed by atoms with Crippen LogP contribution in [0, 0.1) is 13.8 Å². The lowest BCUT2D eigenvalue weighted by atomic mass is 10.1. The molecule has 0 aliphatic rings. The van der Waals surface area contributed by atoms with Crippen molar-refractivity contribution < 1.29 is 21.6 Å². The minimum Gasteiger partial charge on any atom is -0.207 e. The predicted octanol–water partition coefficient (Wildman–Crippen LogP) is 4.14. The molecule has 0 aliphatic carbocycles. The number of hydrogen-bond donors (Lipinski definition) is 0. The summed E-state index contributed by atoms with van der Waals surface area (Å²) in [6.07, 6.45) is -4.53. The third-order valence-corrected chi connectivity index (χ3v) is 5.69. The maximum absolute atomic E-state index is 13.1. The molecule has 0 radical (unpaired) electrons. The normalized spacial score (nSPS) is 12.6. The molecule has 2 aromatic carbocycles. The molecule has 2 aromatic rings. The first-order valence-corrected chi connectivity index (χ1v) is 8.66. The van der Waals surface area contributed by atoms with Gasteiger partial charge in [-0.3, -0.25) is 0 Å². The van der Waals surface area contributed by atoms with Gasteiger partial charge in [0.15, 0.2) is 0 Å². The van der Waals surface area contributed by atoms with E-state index in [1.807, 2.05) is 0 Å². The molecule has 7 heteroatoms. The van der Waals surface area contributed by atoms with E-state index in [2.05, 4.69) is 0 Å². The van der Waals surface area contributed by atoms with Gasteiger partial charge < -0.3 is 0 Å². The van der Waals surface area contributed by atoms with Crippen LogP contribution in [0.15, 0.2) is 47.4 Å². The minimum atomic E-state index is -4.53. The zero-order valence-corrected chi connectivity index (χ0v) is 14.4. The Balaban J connectivity index is 2.40. The van der Waals surface area contributed by atoms with Gasteiger partial charge in [-0.05, 0) is 42.7 Å². The lowest BCUT2D eigenvalue weighted by Crippen LogP contribution is -2.28. The molecule has 0 amide bonds. The molecule has 0 aliphatic heterocycles. The monoisotopic (exact) mass is 357 g/mol. The first-order valence-electron chi connectivity index (χ1n) is 7.22. The highest BCUT2D eigenvalue weighted by molar-refractivity contribution is 7.89. The second-order valence-electron chi connectivity index (χ2n) is 5.68. The number of sulfonamides is 1. The van der Waals surface area contributed by atoms with Crippen LogP contribution in [-0.4, -0.2) is 19.8 Å². The number of alkyl halides is 3. The van der Waals surface area contributed by atoms with Crippen molar-refractivity contribution in [3.8, 4) is 0 Å². The fourth-order valence-corrected chi connectivity index (χ4v) is 3.87. The summed E-state index contributed by atoms with van der Waals surface area (Å²) in [5.41, 5.74) is 0.411. The molecule has 3 nitrogen and oxygen atoms in total. The average molecular weight is 357 g/mol. The van der Waals surface area contributed by atoms with Crippen molar-refractivity contribution in [3.63, 3.8) is 0 Å². The molecule has 0 saturated heterocycles. The molecule has 0 heterocycles. The molecule has 0 fully saturated rings. The zero-order chi connectivity index (χ0) is 18.1. The summed E-state index contributed by atoms with van der Waals surface area (Å²) in [5, 5.41) is 0. The van der Waals surface area contributed by atoms with E-state index in [1.165, 1.54) is 31.3 Å². The van der Waals surface area contributed by atoms with Crippen LogP contribution >= 0.6 is 0 Å². The molecule has 0 saturated carbocycles. The van der Waals surface area contributed by atoms with Gasteiger partial charge in [0.1, 0.15) is 0 Å². The van der Waals surface area contributed by atoms with Crippen LogP contribution in [0.1, 0.15) is 22.3 Å². The summed E-state index contributed by atoms with van der Waals surface area (Å²) < 4.78 is 65.6. The molecule has 130 valence electrons. The SMILES string of the molecule is Cc1ccc(C)c(S(=O)(=O)N(C)Cc2ccccc2C(F)(F)F)c1. The number of aryl methyl sites for hydroxylation is 2. The highest BCUT2D eigenvalue weighted by atomic mass is 32.2. The summed E-state index contributed by atoms with van der Waals surface area (Å²) in [5.74, 6) is 0. The zero-order valence-electron chi connectivity index (χ0n) is 13.6. The van der Waals surface area contributed by atoms with E-state index in [1.54, 1.807) is 26.0 Å². The lowest BCUT2D eigenvalue weighted by molar-refractivity contribution is -0.138. The van der Waals surface area contributed by atoms with Gasteiger partial charge in [0.25, 0.3) is 0 Å². The maximum Gasteiger partial charge on any atom is 0.416 e. The average Bonchev–Trinajstić information content (AvgIpc) is 2.49. The van der Waals surface area contributed by atoms with Gasteiger partial charge in [-0.25, -0.2) is 8.42 Å². The van der Waals surface area contributed by atoms with Crippen LogP contribution in [0.2, 0.25) is 0 Å². The smallest absolute Gasteiger partial charge is 0.207 e. The molecular formula is C17H18F3NO2S. The van der Waals surface area contributed by atoms with Gasteiger partial charge in [-0.15, -0.1) is 0 Å². The number of rotatable bonds is 4. The van der Waals surface area contributed by atoms with Gasteiger partial charge in [-0.1, -0.05) is 30.3 Å². The van der Waals surface area contributed by atoms with Crippen molar-refractivity contribution in [2.75, 3.05) is 7.05 Å². The highest BCUT2D eigenvalue weighted by Crippen LogP contribution is 2.33. The van der Waals surface area contributed by atoms with Crippen LogP contribution in [-0.2, 0) is 22.7 Å². The Bertz CT molecular complexity index is 845. The Hall–Kier alpha value is -1.86. The van der Waals surface area contributed by atoms with Crippen molar-refractivity contribution in [1.82, 2.24) is 4.31 Å². The summed E-state index contributed by atoms with van der Waals surface area (Å²) in [6, 6.07) is 9.98. The standard InChI is InChI=1S/C17H18F3NO2S/c1-12-8-9-13(2)16(10-12)24(22,23)21(3)11-14-6-4-5-7-15(14)17(18,19)20/h4-10H,11H2,1-3H3. The van der Waals surface area contributed by atoms with E-state index in [9.17, 15) is 21.6 Å². The molecule has 0 atom stereocenters. The van der Waals surface area contributed by atoms with Crippen molar-refractivity contribution in [2.24, 2.45) is 0 Å². The number of hydrogen-bond acceptors (Lipinski definition) is 2. The number of benzene rings is 2. The van der Waals surface area contributed by atoms with Crippen LogP contribution in [0.5, 0.6) is 0 Å². The Morgan fingerprint density at radius 3 is 2.29 bits per heavy atom. The van der Waals surface area contributed by atoms with Gasteiger partial charge in [-0.2, -0.15) is 17.5 Å². The molecule has 0 spiro atoms. The second kappa shape index (κ2) is 6.57. The lowest BCUT2D eigenvalue weighted by Gasteiger charge is -2.21. The van der Waals surface area contributed by atoms with Crippen LogP contribution in [0.4, 0.5) is 13.2 Å². The van der Waals surface area contributed by atoms with Crippen molar-refractivity contribution in [1.29, 1.82) is 0 Å². The van der Waals surface area contributed by atoms with E-state index in [4.69, 9.17) is 0 Å². The first-order chi connectivity index (χ1) is 11.0. The molecular weight excluding hydrogens is 339 g/mol. The summed E-state index contributed by atoms with van der Waals surface area (Å²) >= 11 is 0. The fourth-order valence-electron chi connectivity index (χ4n) is 2.41. The van der Waals surface area contributed by atoms with E-state index in [0.717, 1.165) is 15.9 Å². The van der Waals surface area contributed by atoms with Gasteiger partial charge in [0, 0.05) is 13.6 Å². The molecule has 0 unspecified atom stereocenters. The number of halogens is 3. The Labute approximate surface area is 139 Å². The van der Waals surface area contributed by atoms with Crippen LogP contribution in [0.3, 0.4) is 0 Å². The van der Waals surface area contributed by atoms with E-state index in [0.29, 0.717) is 5.56 Å². The molecule has 0 aromatic heterocycles. The predicted molar refractivity (Wildman–Crippen MR) is 86.0 cm³/mol. The van der Waals surface area contributed by atoms with Gasteiger partial charge in [0.05, 0.1) is 10.5 Å². The number of nitrogens with zero attached hydrogens (tertiary/aromatic N) is 1. The van der Waals surface area contributed by atoms with Gasteiger partial charge >= 0.3 is 6.18 Å². The largest absolute Gasteiger partial charge is 0.416 e. The Morgan fingerprint density at radius 2 is 1.67 bits per heavy atom. The van der Waals surface area contributed by atoms with E-state index < -0.39 is 21.8 Å². The third-order valence-electron chi connectivity index (χ3n) is 3.75. The van der Waals surface area contributed by atoms with E-state index >= 15 is 0 Å². The Morgan fingerprint density at radius 1 is 1.04 bits per heavy atom. The van der Waals surface area contributed by atoms with Gasteiger partial charge in [0.2, 0.25) is 10.0 Å². The quantitative estimate of drug-likeness (QED) is 0.825. The Kier molecular flexibility index (Phi) is 5.05. The summed E-state index contributed by atoms with van der Waals surface area (Å²) in [6.45, 7) is 3.06. The fraction of sp³-hybridized carbons (Fsp3) is 0.294. The van der Waals surface area contributed by atoms with Crippen molar-refractivity contribution in [2.45, 2.75) is 31.5 Å². The van der Waals surface area contributed by atoms with Crippen molar-refractivity contribution >= 4 is 10.0 Å². The minimum absolute atomic E-state index is 0.0821. The van der Waals surface area contributed by atoms with Crippen molar-refractivity contribution in [3.05, 3.63) is 64.7 Å². The summed E-state index contributed by atoms with van der Waals surface area (Å²) in [4.78, 5) is 0.106. The maximum atomic E-state index is 13.1. The highest BCUT2D eigenvalue weighted by Gasteiger charge is 2.34. The van der Waals surface area contributed by atoms with Crippen LogP contribution < -0.4 is 0 Å². The molecule has 2 rings (SSSR count). The first kappa shape index (κ1) is 18.5. The van der Waals surface area contributed by atoms with E-state index in [-0.39, 0.29) is 17.0 Å². The third kappa shape index (κ3) is 3.79. The second-order valence-corrected chi connectivity index (χ2v) is 7.70. The molecule has 0 bridgehead atoms.